The lowest BCUT2D eigenvalue weighted by atomic mass is 9.78. The lowest BCUT2D eigenvalue weighted by Crippen LogP contribution is -2.40. The molecule has 146 valence electrons. The summed E-state index contributed by atoms with van der Waals surface area (Å²) in [6.45, 7) is 5.03. The van der Waals surface area contributed by atoms with Crippen molar-refractivity contribution in [2.75, 3.05) is 19.6 Å². The Balaban J connectivity index is 0.00000243. The van der Waals surface area contributed by atoms with Gasteiger partial charge < -0.3 is 10.6 Å². The molecule has 1 saturated heterocycles. The van der Waals surface area contributed by atoms with Crippen LogP contribution in [0.4, 0.5) is 4.39 Å². The second-order valence-corrected chi connectivity index (χ2v) is 8.04. The SMILES string of the molecule is CC(CC(=O)NCC1(c2ccc(F)cc2)CCCC1)C1CCNCC1.Cl. The Kier molecular flexibility index (Phi) is 7.90. The van der Waals surface area contributed by atoms with Crippen LogP contribution in [0, 0.1) is 17.7 Å². The molecule has 0 radical (unpaired) electrons. The molecule has 5 heteroatoms. The summed E-state index contributed by atoms with van der Waals surface area (Å²) in [5.74, 6) is 1.06. The lowest BCUT2D eigenvalue weighted by molar-refractivity contribution is -0.122. The van der Waals surface area contributed by atoms with Gasteiger partial charge in [-0.15, -0.1) is 12.4 Å². The summed E-state index contributed by atoms with van der Waals surface area (Å²) >= 11 is 0. The Morgan fingerprint density at radius 2 is 1.85 bits per heavy atom. The molecule has 2 aliphatic rings. The molecular formula is C21H32ClFN2O. The van der Waals surface area contributed by atoms with Crippen LogP contribution in [0.25, 0.3) is 0 Å². The zero-order valence-corrected chi connectivity index (χ0v) is 16.5. The van der Waals surface area contributed by atoms with Gasteiger partial charge in [0.05, 0.1) is 0 Å². The number of nitrogens with one attached hydrogen (secondary N) is 2. The van der Waals surface area contributed by atoms with Crippen molar-refractivity contribution in [2.45, 2.75) is 57.3 Å². The molecule has 1 aromatic carbocycles. The highest BCUT2D eigenvalue weighted by Crippen LogP contribution is 2.40. The maximum atomic E-state index is 13.3. The van der Waals surface area contributed by atoms with E-state index < -0.39 is 0 Å². The third kappa shape index (κ3) is 5.20. The molecule has 0 aromatic heterocycles. The normalized spacial score (nSPS) is 21.0. The summed E-state index contributed by atoms with van der Waals surface area (Å²) in [5.41, 5.74) is 1.15. The molecule has 1 atom stereocenters. The van der Waals surface area contributed by atoms with Crippen LogP contribution in [0.2, 0.25) is 0 Å². The van der Waals surface area contributed by atoms with Crippen molar-refractivity contribution >= 4 is 18.3 Å². The first-order chi connectivity index (χ1) is 12.1. The molecule has 3 nitrogen and oxygen atoms in total. The van der Waals surface area contributed by atoms with Crippen LogP contribution < -0.4 is 10.6 Å². The topological polar surface area (TPSA) is 41.1 Å². The molecular weight excluding hydrogens is 351 g/mol. The Morgan fingerprint density at radius 1 is 1.23 bits per heavy atom. The summed E-state index contributed by atoms with van der Waals surface area (Å²) in [4.78, 5) is 12.5. The largest absolute Gasteiger partial charge is 0.355 e. The van der Waals surface area contributed by atoms with E-state index in [9.17, 15) is 9.18 Å². The van der Waals surface area contributed by atoms with Gasteiger partial charge in [-0.25, -0.2) is 4.39 Å². The number of piperidine rings is 1. The van der Waals surface area contributed by atoms with Gasteiger partial charge in [-0.2, -0.15) is 0 Å². The Hall–Kier alpha value is -1.13. The van der Waals surface area contributed by atoms with Crippen molar-refractivity contribution in [1.82, 2.24) is 10.6 Å². The summed E-state index contributed by atoms with van der Waals surface area (Å²) in [5, 5.41) is 6.59. The molecule has 1 saturated carbocycles. The van der Waals surface area contributed by atoms with Gasteiger partial charge in [-0.05, 0) is 68.3 Å². The molecule has 1 heterocycles. The van der Waals surface area contributed by atoms with Crippen LogP contribution in [0.1, 0.15) is 57.4 Å². The second kappa shape index (κ2) is 9.70. The fraction of sp³-hybridized carbons (Fsp3) is 0.667. The number of amides is 1. The smallest absolute Gasteiger partial charge is 0.220 e. The van der Waals surface area contributed by atoms with E-state index in [4.69, 9.17) is 0 Å². The number of halogens is 2. The van der Waals surface area contributed by atoms with Crippen molar-refractivity contribution in [3.63, 3.8) is 0 Å². The quantitative estimate of drug-likeness (QED) is 0.774. The maximum absolute atomic E-state index is 13.3. The van der Waals surface area contributed by atoms with Crippen LogP contribution in [-0.4, -0.2) is 25.5 Å². The van der Waals surface area contributed by atoms with Crippen molar-refractivity contribution < 1.29 is 9.18 Å². The van der Waals surface area contributed by atoms with E-state index in [1.54, 1.807) is 0 Å². The van der Waals surface area contributed by atoms with Crippen molar-refractivity contribution in [3.8, 4) is 0 Å². The average Bonchev–Trinajstić information content (AvgIpc) is 3.11. The van der Waals surface area contributed by atoms with Gasteiger partial charge in [-0.3, -0.25) is 4.79 Å². The van der Waals surface area contributed by atoms with Gasteiger partial charge in [0.1, 0.15) is 5.82 Å². The van der Waals surface area contributed by atoms with Gasteiger partial charge in [0.25, 0.3) is 0 Å². The Labute approximate surface area is 162 Å². The van der Waals surface area contributed by atoms with Gasteiger partial charge in [0, 0.05) is 18.4 Å². The van der Waals surface area contributed by atoms with Crippen LogP contribution >= 0.6 is 12.4 Å². The summed E-state index contributed by atoms with van der Waals surface area (Å²) in [6, 6.07) is 6.86. The molecule has 0 bridgehead atoms. The Bertz CT molecular complexity index is 566. The minimum atomic E-state index is -0.197. The van der Waals surface area contributed by atoms with Crippen LogP contribution in [0.3, 0.4) is 0 Å². The number of carbonyl (C=O) groups is 1. The van der Waals surface area contributed by atoms with Gasteiger partial charge in [-0.1, -0.05) is 31.9 Å². The van der Waals surface area contributed by atoms with Crippen molar-refractivity contribution in [1.29, 1.82) is 0 Å². The molecule has 1 aliphatic heterocycles. The molecule has 1 aromatic rings. The average molecular weight is 383 g/mol. The summed E-state index contributed by atoms with van der Waals surface area (Å²) in [7, 11) is 0. The number of benzene rings is 1. The fourth-order valence-electron chi connectivity index (χ4n) is 4.64. The summed E-state index contributed by atoms with van der Waals surface area (Å²) in [6.07, 6.45) is 7.47. The van der Waals surface area contributed by atoms with E-state index in [0.717, 1.165) is 31.5 Å². The molecule has 2 fully saturated rings. The standard InChI is InChI=1S/C21H31FN2O.ClH/c1-16(17-8-12-23-13-9-17)14-20(25)24-15-21(10-2-3-11-21)18-4-6-19(22)7-5-18;/h4-7,16-17,23H,2-3,8-15H2,1H3,(H,24,25);1H. The first kappa shape index (κ1) is 21.2. The van der Waals surface area contributed by atoms with Gasteiger partial charge in [0.2, 0.25) is 5.91 Å². The van der Waals surface area contributed by atoms with Crippen LogP contribution in [0.15, 0.2) is 24.3 Å². The van der Waals surface area contributed by atoms with E-state index in [2.05, 4.69) is 17.6 Å². The first-order valence-corrected chi connectivity index (χ1v) is 9.82. The monoisotopic (exact) mass is 382 g/mol. The number of carbonyl (C=O) groups excluding carboxylic acids is 1. The number of hydrogen-bond donors (Lipinski definition) is 2. The highest BCUT2D eigenvalue weighted by Gasteiger charge is 2.36. The highest BCUT2D eigenvalue weighted by molar-refractivity contribution is 5.85. The number of hydrogen-bond acceptors (Lipinski definition) is 2. The molecule has 2 N–H and O–H groups in total. The van der Waals surface area contributed by atoms with E-state index in [-0.39, 0.29) is 29.5 Å². The molecule has 1 amide bonds. The van der Waals surface area contributed by atoms with Crippen LogP contribution in [-0.2, 0) is 10.2 Å². The molecule has 0 spiro atoms. The van der Waals surface area contributed by atoms with Gasteiger partial charge >= 0.3 is 0 Å². The third-order valence-corrected chi connectivity index (χ3v) is 6.34. The first-order valence-electron chi connectivity index (χ1n) is 9.82. The third-order valence-electron chi connectivity index (χ3n) is 6.34. The molecule has 26 heavy (non-hydrogen) atoms. The number of rotatable bonds is 6. The van der Waals surface area contributed by atoms with E-state index >= 15 is 0 Å². The van der Waals surface area contributed by atoms with E-state index in [0.29, 0.717) is 24.8 Å². The highest BCUT2D eigenvalue weighted by atomic mass is 35.5. The zero-order valence-electron chi connectivity index (χ0n) is 15.7. The van der Waals surface area contributed by atoms with E-state index in [1.807, 2.05) is 12.1 Å². The van der Waals surface area contributed by atoms with E-state index in [1.165, 1.54) is 37.8 Å². The zero-order chi connectivity index (χ0) is 17.7. The summed E-state index contributed by atoms with van der Waals surface area (Å²) < 4.78 is 13.3. The second-order valence-electron chi connectivity index (χ2n) is 8.04. The maximum Gasteiger partial charge on any atom is 0.220 e. The Morgan fingerprint density at radius 3 is 2.46 bits per heavy atom. The predicted molar refractivity (Wildman–Crippen MR) is 106 cm³/mol. The molecule has 1 unspecified atom stereocenters. The van der Waals surface area contributed by atoms with Crippen molar-refractivity contribution in [2.24, 2.45) is 11.8 Å². The minimum Gasteiger partial charge on any atom is -0.355 e. The lowest BCUT2D eigenvalue weighted by Gasteiger charge is -2.31. The van der Waals surface area contributed by atoms with Gasteiger partial charge in [0.15, 0.2) is 0 Å². The molecule has 1 aliphatic carbocycles. The minimum absolute atomic E-state index is 0. The van der Waals surface area contributed by atoms with Crippen molar-refractivity contribution in [3.05, 3.63) is 35.6 Å². The predicted octanol–water partition coefficient (Wildman–Crippen LogP) is 4.20. The fourth-order valence-corrected chi connectivity index (χ4v) is 4.64. The van der Waals surface area contributed by atoms with Crippen LogP contribution in [0.5, 0.6) is 0 Å². The molecule has 3 rings (SSSR count).